The number of aromatic nitrogens is 2. The van der Waals surface area contributed by atoms with Gasteiger partial charge in [0.05, 0.1) is 5.69 Å². The SMILES string of the molecule is CC(C)c1ncnc2c1CCNC2=O. The van der Waals surface area contributed by atoms with Crippen LogP contribution in [0.2, 0.25) is 0 Å². The van der Waals surface area contributed by atoms with Crippen LogP contribution in [-0.2, 0) is 6.42 Å². The summed E-state index contributed by atoms with van der Waals surface area (Å²) in [6, 6.07) is 0. The van der Waals surface area contributed by atoms with E-state index in [1.165, 1.54) is 6.33 Å². The van der Waals surface area contributed by atoms with Gasteiger partial charge in [-0.25, -0.2) is 9.97 Å². The molecule has 0 radical (unpaired) electrons. The average Bonchev–Trinajstić information content (AvgIpc) is 2.17. The third-order valence-electron chi connectivity index (χ3n) is 2.40. The zero-order valence-corrected chi connectivity index (χ0v) is 8.37. The van der Waals surface area contributed by atoms with Gasteiger partial charge in [0.15, 0.2) is 0 Å². The van der Waals surface area contributed by atoms with Gasteiger partial charge >= 0.3 is 0 Å². The van der Waals surface area contributed by atoms with E-state index < -0.39 is 0 Å². The summed E-state index contributed by atoms with van der Waals surface area (Å²) in [6.45, 7) is 4.85. The number of nitrogens with one attached hydrogen (secondary N) is 1. The Balaban J connectivity index is 2.55. The van der Waals surface area contributed by atoms with E-state index in [1.54, 1.807) is 0 Å². The highest BCUT2D eigenvalue weighted by Gasteiger charge is 2.22. The largest absolute Gasteiger partial charge is 0.350 e. The summed E-state index contributed by atoms with van der Waals surface area (Å²) in [7, 11) is 0. The van der Waals surface area contributed by atoms with Crippen LogP contribution in [0.1, 0.15) is 41.5 Å². The summed E-state index contributed by atoms with van der Waals surface area (Å²) in [6.07, 6.45) is 2.31. The van der Waals surface area contributed by atoms with Crippen LogP contribution < -0.4 is 5.32 Å². The van der Waals surface area contributed by atoms with Gasteiger partial charge < -0.3 is 5.32 Å². The van der Waals surface area contributed by atoms with Gasteiger partial charge in [-0.1, -0.05) is 13.8 Å². The maximum Gasteiger partial charge on any atom is 0.270 e. The average molecular weight is 191 g/mol. The van der Waals surface area contributed by atoms with Crippen LogP contribution in [0.4, 0.5) is 0 Å². The number of amides is 1. The van der Waals surface area contributed by atoms with Crippen molar-refractivity contribution in [3.63, 3.8) is 0 Å². The fourth-order valence-electron chi connectivity index (χ4n) is 1.75. The van der Waals surface area contributed by atoms with E-state index in [0.717, 1.165) is 17.7 Å². The normalized spacial score (nSPS) is 15.2. The number of carbonyl (C=O) groups excluding carboxylic acids is 1. The van der Waals surface area contributed by atoms with Crippen LogP contribution in [0.25, 0.3) is 0 Å². The molecule has 1 aliphatic heterocycles. The summed E-state index contributed by atoms with van der Waals surface area (Å²) in [5.41, 5.74) is 2.58. The number of carbonyl (C=O) groups is 1. The molecule has 0 saturated heterocycles. The third kappa shape index (κ3) is 1.36. The number of hydrogen-bond acceptors (Lipinski definition) is 3. The van der Waals surface area contributed by atoms with Crippen LogP contribution in [0.15, 0.2) is 6.33 Å². The van der Waals surface area contributed by atoms with E-state index in [9.17, 15) is 4.79 Å². The van der Waals surface area contributed by atoms with E-state index in [1.807, 2.05) is 0 Å². The van der Waals surface area contributed by atoms with Gasteiger partial charge in [0.2, 0.25) is 0 Å². The van der Waals surface area contributed by atoms with Crippen molar-refractivity contribution >= 4 is 5.91 Å². The Labute approximate surface area is 82.8 Å². The van der Waals surface area contributed by atoms with Crippen LogP contribution in [0.5, 0.6) is 0 Å². The van der Waals surface area contributed by atoms with Crippen molar-refractivity contribution in [1.29, 1.82) is 0 Å². The van der Waals surface area contributed by atoms with Crippen molar-refractivity contribution in [2.75, 3.05) is 6.54 Å². The lowest BCUT2D eigenvalue weighted by Crippen LogP contribution is -2.34. The molecule has 4 nitrogen and oxygen atoms in total. The number of fused-ring (bicyclic) bond motifs is 1. The van der Waals surface area contributed by atoms with Gasteiger partial charge in [0.25, 0.3) is 5.91 Å². The first-order valence-electron chi connectivity index (χ1n) is 4.82. The number of rotatable bonds is 1. The van der Waals surface area contributed by atoms with Crippen molar-refractivity contribution in [2.24, 2.45) is 0 Å². The molecule has 1 aliphatic rings. The molecule has 0 fully saturated rings. The van der Waals surface area contributed by atoms with Crippen LogP contribution in [0, 0.1) is 0 Å². The Morgan fingerprint density at radius 3 is 2.93 bits per heavy atom. The summed E-state index contributed by atoms with van der Waals surface area (Å²) >= 11 is 0. The van der Waals surface area contributed by atoms with Crippen molar-refractivity contribution < 1.29 is 4.79 Å². The zero-order chi connectivity index (χ0) is 10.1. The highest BCUT2D eigenvalue weighted by atomic mass is 16.1. The lowest BCUT2D eigenvalue weighted by atomic mass is 9.97. The first-order valence-corrected chi connectivity index (χ1v) is 4.82. The Morgan fingerprint density at radius 2 is 2.21 bits per heavy atom. The molecule has 0 aromatic carbocycles. The molecule has 1 aromatic rings. The van der Waals surface area contributed by atoms with Gasteiger partial charge in [-0.2, -0.15) is 0 Å². The van der Waals surface area contributed by atoms with E-state index in [2.05, 4.69) is 29.1 Å². The summed E-state index contributed by atoms with van der Waals surface area (Å²) < 4.78 is 0. The highest BCUT2D eigenvalue weighted by Crippen LogP contribution is 2.20. The number of hydrogen-bond donors (Lipinski definition) is 1. The topological polar surface area (TPSA) is 54.9 Å². The number of nitrogens with zero attached hydrogens (tertiary/aromatic N) is 2. The molecule has 0 unspecified atom stereocenters. The van der Waals surface area contributed by atoms with E-state index in [0.29, 0.717) is 18.2 Å². The Hall–Kier alpha value is -1.45. The van der Waals surface area contributed by atoms with Crippen molar-refractivity contribution in [1.82, 2.24) is 15.3 Å². The molecule has 1 N–H and O–H groups in total. The minimum atomic E-state index is -0.0736. The summed E-state index contributed by atoms with van der Waals surface area (Å²) in [4.78, 5) is 19.7. The van der Waals surface area contributed by atoms with Crippen LogP contribution in [-0.4, -0.2) is 22.4 Å². The highest BCUT2D eigenvalue weighted by molar-refractivity contribution is 5.94. The molecular weight excluding hydrogens is 178 g/mol. The Bertz CT molecular complexity index is 374. The van der Waals surface area contributed by atoms with Gasteiger partial charge in [-0.3, -0.25) is 4.79 Å². The predicted octanol–water partition coefficient (Wildman–Crippen LogP) is 0.886. The predicted molar refractivity (Wildman–Crippen MR) is 52.2 cm³/mol. The summed E-state index contributed by atoms with van der Waals surface area (Å²) in [5, 5.41) is 2.78. The van der Waals surface area contributed by atoms with Crippen molar-refractivity contribution in [3.8, 4) is 0 Å². The fourth-order valence-corrected chi connectivity index (χ4v) is 1.75. The zero-order valence-electron chi connectivity index (χ0n) is 8.37. The molecule has 1 aromatic heterocycles. The lowest BCUT2D eigenvalue weighted by Gasteiger charge is -2.19. The molecular formula is C10H13N3O. The maximum absolute atomic E-state index is 11.5. The Kier molecular flexibility index (Phi) is 2.19. The first-order chi connectivity index (χ1) is 6.70. The molecule has 14 heavy (non-hydrogen) atoms. The molecule has 4 heteroatoms. The van der Waals surface area contributed by atoms with E-state index in [4.69, 9.17) is 0 Å². The van der Waals surface area contributed by atoms with E-state index in [-0.39, 0.29) is 5.91 Å². The standard InChI is InChI=1S/C10H13N3O/c1-6(2)8-7-3-4-11-10(14)9(7)13-5-12-8/h5-6H,3-4H2,1-2H3,(H,11,14). The smallest absolute Gasteiger partial charge is 0.270 e. The first kappa shape index (κ1) is 9.12. The van der Waals surface area contributed by atoms with Gasteiger partial charge in [-0.05, 0) is 12.3 Å². The van der Waals surface area contributed by atoms with Crippen LogP contribution >= 0.6 is 0 Å². The second-order valence-corrected chi connectivity index (χ2v) is 3.75. The lowest BCUT2D eigenvalue weighted by molar-refractivity contribution is 0.0940. The van der Waals surface area contributed by atoms with Crippen molar-refractivity contribution in [3.05, 3.63) is 23.3 Å². The molecule has 0 spiro atoms. The monoisotopic (exact) mass is 191 g/mol. The molecule has 2 rings (SSSR count). The summed E-state index contributed by atoms with van der Waals surface area (Å²) in [5.74, 6) is 0.271. The maximum atomic E-state index is 11.5. The van der Waals surface area contributed by atoms with Gasteiger partial charge in [0, 0.05) is 12.1 Å². The molecule has 0 saturated carbocycles. The Morgan fingerprint density at radius 1 is 1.43 bits per heavy atom. The van der Waals surface area contributed by atoms with E-state index >= 15 is 0 Å². The van der Waals surface area contributed by atoms with Gasteiger partial charge in [0.1, 0.15) is 12.0 Å². The molecule has 0 atom stereocenters. The second-order valence-electron chi connectivity index (χ2n) is 3.75. The quantitative estimate of drug-likeness (QED) is 0.717. The minimum Gasteiger partial charge on any atom is -0.350 e. The second kappa shape index (κ2) is 3.36. The molecule has 0 bridgehead atoms. The molecule has 1 amide bonds. The molecule has 74 valence electrons. The van der Waals surface area contributed by atoms with Crippen molar-refractivity contribution in [2.45, 2.75) is 26.2 Å². The minimum absolute atomic E-state index is 0.0736. The van der Waals surface area contributed by atoms with Crippen LogP contribution in [0.3, 0.4) is 0 Å². The molecule has 2 heterocycles. The third-order valence-corrected chi connectivity index (χ3v) is 2.40. The fraction of sp³-hybridized carbons (Fsp3) is 0.500. The molecule has 0 aliphatic carbocycles. The van der Waals surface area contributed by atoms with Gasteiger partial charge in [-0.15, -0.1) is 0 Å².